The standard InChI is InChI=1S/C12H15N3O2/c1-2-3-9-4-6-10(7-5-9)11(14-15-13)8-12(16)17/h4-7,11H,2-3,8H2,1H3,(H,16,17). The highest BCUT2D eigenvalue weighted by Gasteiger charge is 2.13. The topological polar surface area (TPSA) is 86.1 Å². The van der Waals surface area contributed by atoms with Crippen molar-refractivity contribution < 1.29 is 9.90 Å². The Hall–Kier alpha value is -2.00. The summed E-state index contributed by atoms with van der Waals surface area (Å²) in [6.07, 6.45) is 1.87. The molecule has 0 fully saturated rings. The molecule has 1 rings (SSSR count). The largest absolute Gasteiger partial charge is 0.481 e. The molecule has 0 bridgehead atoms. The van der Waals surface area contributed by atoms with E-state index in [0.717, 1.165) is 18.4 Å². The molecule has 90 valence electrons. The highest BCUT2D eigenvalue weighted by atomic mass is 16.4. The van der Waals surface area contributed by atoms with Crippen LogP contribution in [0.3, 0.4) is 0 Å². The molecule has 17 heavy (non-hydrogen) atoms. The normalized spacial score (nSPS) is 11.6. The van der Waals surface area contributed by atoms with Gasteiger partial charge in [0.1, 0.15) is 0 Å². The molecule has 1 unspecified atom stereocenters. The van der Waals surface area contributed by atoms with Crippen LogP contribution in [0.2, 0.25) is 0 Å². The van der Waals surface area contributed by atoms with Crippen molar-refractivity contribution in [2.24, 2.45) is 5.11 Å². The minimum atomic E-state index is -0.972. The molecule has 1 atom stereocenters. The predicted octanol–water partition coefficient (Wildman–Crippen LogP) is 3.47. The van der Waals surface area contributed by atoms with Crippen molar-refractivity contribution in [3.63, 3.8) is 0 Å². The summed E-state index contributed by atoms with van der Waals surface area (Å²) in [5, 5.41) is 12.2. The van der Waals surface area contributed by atoms with E-state index < -0.39 is 12.0 Å². The maximum atomic E-state index is 10.6. The van der Waals surface area contributed by atoms with Crippen LogP contribution < -0.4 is 0 Å². The molecule has 5 heteroatoms. The van der Waals surface area contributed by atoms with E-state index in [-0.39, 0.29) is 6.42 Å². The Bertz CT molecular complexity index is 422. The quantitative estimate of drug-likeness (QED) is 0.463. The van der Waals surface area contributed by atoms with Gasteiger partial charge in [-0.25, -0.2) is 0 Å². The minimum absolute atomic E-state index is 0.183. The maximum Gasteiger partial charge on any atom is 0.304 e. The van der Waals surface area contributed by atoms with Gasteiger partial charge in [-0.05, 0) is 23.1 Å². The summed E-state index contributed by atoms with van der Waals surface area (Å²) < 4.78 is 0. The number of carboxylic acids is 1. The summed E-state index contributed by atoms with van der Waals surface area (Å²) >= 11 is 0. The van der Waals surface area contributed by atoms with Crippen LogP contribution in [0.15, 0.2) is 29.4 Å². The van der Waals surface area contributed by atoms with Crippen LogP contribution in [-0.4, -0.2) is 11.1 Å². The first-order valence-electron chi connectivity index (χ1n) is 5.52. The lowest BCUT2D eigenvalue weighted by Crippen LogP contribution is -2.03. The van der Waals surface area contributed by atoms with Crippen LogP contribution in [0.5, 0.6) is 0 Å². The van der Waals surface area contributed by atoms with E-state index >= 15 is 0 Å². The van der Waals surface area contributed by atoms with Gasteiger partial charge < -0.3 is 5.11 Å². The highest BCUT2D eigenvalue weighted by molar-refractivity contribution is 5.68. The third-order valence-electron chi connectivity index (χ3n) is 2.46. The molecule has 0 aromatic heterocycles. The van der Waals surface area contributed by atoms with Gasteiger partial charge in [0.25, 0.3) is 0 Å². The number of carbonyl (C=O) groups is 1. The second kappa shape index (κ2) is 6.55. The van der Waals surface area contributed by atoms with Crippen molar-refractivity contribution in [3.05, 3.63) is 45.8 Å². The molecule has 1 N–H and O–H groups in total. The van der Waals surface area contributed by atoms with Crippen molar-refractivity contribution in [1.29, 1.82) is 0 Å². The average Bonchev–Trinajstić information content (AvgIpc) is 2.29. The Morgan fingerprint density at radius 3 is 2.59 bits per heavy atom. The van der Waals surface area contributed by atoms with E-state index in [4.69, 9.17) is 10.6 Å². The van der Waals surface area contributed by atoms with Gasteiger partial charge in [0.2, 0.25) is 0 Å². The van der Waals surface area contributed by atoms with E-state index in [0.29, 0.717) is 0 Å². The molecule has 1 aromatic rings. The van der Waals surface area contributed by atoms with E-state index in [1.807, 2.05) is 24.3 Å². The zero-order valence-corrected chi connectivity index (χ0v) is 9.71. The van der Waals surface area contributed by atoms with Gasteiger partial charge in [-0.1, -0.05) is 42.7 Å². The second-order valence-corrected chi connectivity index (χ2v) is 3.81. The molecule has 0 amide bonds. The molecule has 5 nitrogen and oxygen atoms in total. The number of nitrogens with zero attached hydrogens (tertiary/aromatic N) is 3. The molecule has 0 saturated carbocycles. The van der Waals surface area contributed by atoms with Gasteiger partial charge in [-0.2, -0.15) is 0 Å². The van der Waals surface area contributed by atoms with Crippen molar-refractivity contribution in [2.45, 2.75) is 32.2 Å². The third kappa shape index (κ3) is 4.17. The summed E-state index contributed by atoms with van der Waals surface area (Å²) in [6.45, 7) is 2.10. The van der Waals surface area contributed by atoms with Crippen LogP contribution >= 0.6 is 0 Å². The van der Waals surface area contributed by atoms with Crippen LogP contribution in [0, 0.1) is 0 Å². The Kier molecular flexibility index (Phi) is 5.04. The molecule has 0 aliphatic carbocycles. The first kappa shape index (κ1) is 13.1. The highest BCUT2D eigenvalue weighted by Crippen LogP contribution is 2.22. The molecule has 0 heterocycles. The smallest absolute Gasteiger partial charge is 0.304 e. The van der Waals surface area contributed by atoms with Crippen molar-refractivity contribution in [1.82, 2.24) is 0 Å². The molecule has 0 spiro atoms. The van der Waals surface area contributed by atoms with Crippen LogP contribution in [0.1, 0.15) is 36.9 Å². The second-order valence-electron chi connectivity index (χ2n) is 3.81. The van der Waals surface area contributed by atoms with Gasteiger partial charge in [-0.3, -0.25) is 4.79 Å². The summed E-state index contributed by atoms with van der Waals surface area (Å²) in [7, 11) is 0. The van der Waals surface area contributed by atoms with E-state index in [1.54, 1.807) is 0 Å². The number of aliphatic carboxylic acids is 1. The Morgan fingerprint density at radius 1 is 1.47 bits per heavy atom. The molecule has 0 saturated heterocycles. The van der Waals surface area contributed by atoms with Gasteiger partial charge in [0.15, 0.2) is 0 Å². The fourth-order valence-corrected chi connectivity index (χ4v) is 1.65. The monoisotopic (exact) mass is 233 g/mol. The summed E-state index contributed by atoms with van der Waals surface area (Å²) in [5.41, 5.74) is 10.4. The van der Waals surface area contributed by atoms with Gasteiger partial charge in [0.05, 0.1) is 12.5 Å². The number of benzene rings is 1. The van der Waals surface area contributed by atoms with Crippen molar-refractivity contribution in [3.8, 4) is 0 Å². The van der Waals surface area contributed by atoms with E-state index in [2.05, 4.69) is 16.9 Å². The Labute approximate surface area is 99.7 Å². The third-order valence-corrected chi connectivity index (χ3v) is 2.46. The molecule has 0 radical (unpaired) electrons. The lowest BCUT2D eigenvalue weighted by molar-refractivity contribution is -0.137. The number of hydrogen-bond donors (Lipinski definition) is 1. The van der Waals surface area contributed by atoms with Crippen LogP contribution in [0.25, 0.3) is 10.4 Å². The number of rotatable bonds is 6. The summed E-state index contributed by atoms with van der Waals surface area (Å²) in [5.74, 6) is -0.972. The molecular weight excluding hydrogens is 218 g/mol. The van der Waals surface area contributed by atoms with Gasteiger partial charge in [-0.15, -0.1) is 0 Å². The zero-order chi connectivity index (χ0) is 12.7. The fourth-order valence-electron chi connectivity index (χ4n) is 1.65. The van der Waals surface area contributed by atoms with Crippen LogP contribution in [0.4, 0.5) is 0 Å². The Morgan fingerprint density at radius 2 is 2.12 bits per heavy atom. The lowest BCUT2D eigenvalue weighted by Gasteiger charge is -2.09. The molecule has 0 aliphatic heterocycles. The van der Waals surface area contributed by atoms with Crippen molar-refractivity contribution >= 4 is 5.97 Å². The van der Waals surface area contributed by atoms with E-state index in [1.165, 1.54) is 5.56 Å². The number of carboxylic acid groups (broad SMARTS) is 1. The van der Waals surface area contributed by atoms with E-state index in [9.17, 15) is 4.79 Å². The predicted molar refractivity (Wildman–Crippen MR) is 64.6 cm³/mol. The summed E-state index contributed by atoms with van der Waals surface area (Å²) in [6, 6.07) is 6.91. The molecule has 0 aliphatic rings. The fraction of sp³-hybridized carbons (Fsp3) is 0.417. The number of aryl methyl sites for hydroxylation is 1. The molecular formula is C12H15N3O2. The SMILES string of the molecule is CCCc1ccc(C(CC(=O)O)N=[N+]=[N-])cc1. The lowest BCUT2D eigenvalue weighted by atomic mass is 10.0. The van der Waals surface area contributed by atoms with Gasteiger partial charge in [0, 0.05) is 4.91 Å². The Balaban J connectivity index is 2.86. The minimum Gasteiger partial charge on any atom is -0.481 e. The maximum absolute atomic E-state index is 10.6. The average molecular weight is 233 g/mol. The van der Waals surface area contributed by atoms with Crippen LogP contribution in [-0.2, 0) is 11.2 Å². The number of hydrogen-bond acceptors (Lipinski definition) is 2. The zero-order valence-electron chi connectivity index (χ0n) is 9.71. The first-order chi connectivity index (χ1) is 8.17. The van der Waals surface area contributed by atoms with Gasteiger partial charge >= 0.3 is 5.97 Å². The number of azide groups is 1. The summed E-state index contributed by atoms with van der Waals surface area (Å²) in [4.78, 5) is 13.3. The molecule has 1 aromatic carbocycles. The van der Waals surface area contributed by atoms with Crippen molar-refractivity contribution in [2.75, 3.05) is 0 Å². The first-order valence-corrected chi connectivity index (χ1v) is 5.52.